The maximum absolute atomic E-state index is 3.76. The van der Waals surface area contributed by atoms with Crippen molar-refractivity contribution in [3.05, 3.63) is 0 Å². The number of nitrogens with zero attached hydrogens (tertiary/aromatic N) is 2. The molecule has 0 spiro atoms. The number of hydrogen-bond donors (Lipinski definition) is 1. The van der Waals surface area contributed by atoms with Crippen molar-refractivity contribution in [3.8, 4) is 0 Å². The van der Waals surface area contributed by atoms with Crippen molar-refractivity contribution < 1.29 is 0 Å². The van der Waals surface area contributed by atoms with Gasteiger partial charge in [0, 0.05) is 30.2 Å². The Hall–Kier alpha value is -0.120. The van der Waals surface area contributed by atoms with Crippen LogP contribution in [0, 0.1) is 0 Å². The lowest BCUT2D eigenvalue weighted by Crippen LogP contribution is -2.53. The molecule has 18 heavy (non-hydrogen) atoms. The normalized spacial score (nSPS) is 45.7. The number of likely N-dealkylation sites (tertiary alicyclic amines) is 1. The van der Waals surface area contributed by atoms with E-state index in [9.17, 15) is 0 Å². The second-order valence-corrected chi connectivity index (χ2v) is 6.94. The van der Waals surface area contributed by atoms with Gasteiger partial charge in [-0.3, -0.25) is 0 Å². The minimum Gasteiger partial charge on any atom is -0.311 e. The zero-order valence-electron chi connectivity index (χ0n) is 12.2. The van der Waals surface area contributed by atoms with Gasteiger partial charge < -0.3 is 15.1 Å². The monoisotopic (exact) mass is 251 g/mol. The summed E-state index contributed by atoms with van der Waals surface area (Å²) < 4.78 is 0. The predicted molar refractivity (Wildman–Crippen MR) is 75.8 cm³/mol. The van der Waals surface area contributed by atoms with Gasteiger partial charge in [0.2, 0.25) is 0 Å². The number of fused-ring (bicyclic) bond motifs is 2. The van der Waals surface area contributed by atoms with Crippen LogP contribution in [0.3, 0.4) is 0 Å². The molecule has 2 bridgehead atoms. The predicted octanol–water partition coefficient (Wildman–Crippen LogP) is 1.68. The maximum Gasteiger partial charge on any atom is 0.0125 e. The van der Waals surface area contributed by atoms with Crippen LogP contribution in [-0.4, -0.2) is 60.6 Å². The Balaban J connectivity index is 1.59. The van der Waals surface area contributed by atoms with Crippen LogP contribution in [0.4, 0.5) is 0 Å². The molecule has 3 heterocycles. The minimum atomic E-state index is 0.754. The molecule has 104 valence electrons. The minimum absolute atomic E-state index is 0.754. The van der Waals surface area contributed by atoms with Crippen molar-refractivity contribution in [2.24, 2.45) is 0 Å². The van der Waals surface area contributed by atoms with E-state index in [1.807, 2.05) is 0 Å². The lowest BCUT2D eigenvalue weighted by Gasteiger charge is -2.44. The molecule has 3 heteroatoms. The summed E-state index contributed by atoms with van der Waals surface area (Å²) in [7, 11) is 4.66. The van der Waals surface area contributed by atoms with Crippen molar-refractivity contribution in [2.75, 3.05) is 20.6 Å². The van der Waals surface area contributed by atoms with Crippen molar-refractivity contribution in [2.45, 2.75) is 75.7 Å². The van der Waals surface area contributed by atoms with E-state index in [-0.39, 0.29) is 0 Å². The van der Waals surface area contributed by atoms with Gasteiger partial charge in [0.1, 0.15) is 0 Å². The van der Waals surface area contributed by atoms with E-state index in [1.54, 1.807) is 0 Å². The van der Waals surface area contributed by atoms with Crippen molar-refractivity contribution in [3.63, 3.8) is 0 Å². The van der Waals surface area contributed by atoms with Crippen molar-refractivity contribution in [1.82, 2.24) is 15.1 Å². The highest BCUT2D eigenvalue weighted by molar-refractivity contribution is 4.97. The van der Waals surface area contributed by atoms with Crippen molar-refractivity contribution >= 4 is 0 Å². The highest BCUT2D eigenvalue weighted by Crippen LogP contribution is 2.32. The zero-order valence-corrected chi connectivity index (χ0v) is 12.2. The van der Waals surface area contributed by atoms with Crippen LogP contribution in [0.25, 0.3) is 0 Å². The van der Waals surface area contributed by atoms with E-state index < -0.39 is 0 Å². The van der Waals surface area contributed by atoms with E-state index >= 15 is 0 Å². The zero-order chi connectivity index (χ0) is 12.7. The average molecular weight is 251 g/mol. The van der Waals surface area contributed by atoms with E-state index in [2.05, 4.69) is 36.1 Å². The SMILES string of the molecule is CC1CC(N(C)C2CC3CCC(C2)N3)CCN1C. The van der Waals surface area contributed by atoms with E-state index in [1.165, 1.54) is 45.1 Å². The first-order valence-corrected chi connectivity index (χ1v) is 7.81. The van der Waals surface area contributed by atoms with Crippen LogP contribution in [0.2, 0.25) is 0 Å². The molecule has 0 amide bonds. The molecule has 0 aromatic carbocycles. The Kier molecular flexibility index (Phi) is 3.65. The molecular weight excluding hydrogens is 222 g/mol. The fourth-order valence-electron chi connectivity index (χ4n) is 4.29. The van der Waals surface area contributed by atoms with Crippen LogP contribution in [0.5, 0.6) is 0 Å². The van der Waals surface area contributed by atoms with Gasteiger partial charge >= 0.3 is 0 Å². The Labute approximate surface area is 112 Å². The van der Waals surface area contributed by atoms with Gasteiger partial charge in [0.15, 0.2) is 0 Å². The molecule has 3 aliphatic heterocycles. The molecule has 3 aliphatic rings. The number of nitrogens with one attached hydrogen (secondary N) is 1. The molecule has 0 aliphatic carbocycles. The molecule has 3 rings (SSSR count). The van der Waals surface area contributed by atoms with Crippen molar-refractivity contribution in [1.29, 1.82) is 0 Å². The number of rotatable bonds is 2. The van der Waals surface area contributed by atoms with Gasteiger partial charge in [-0.1, -0.05) is 0 Å². The molecule has 4 atom stereocenters. The Morgan fingerprint density at radius 2 is 1.67 bits per heavy atom. The molecule has 1 N–H and O–H groups in total. The summed E-state index contributed by atoms with van der Waals surface area (Å²) in [5.74, 6) is 0. The summed E-state index contributed by atoms with van der Waals surface area (Å²) in [4.78, 5) is 5.24. The first kappa shape index (κ1) is 12.9. The largest absolute Gasteiger partial charge is 0.311 e. The highest BCUT2D eigenvalue weighted by Gasteiger charge is 2.37. The Bertz CT molecular complexity index is 281. The Morgan fingerprint density at radius 1 is 1.00 bits per heavy atom. The highest BCUT2D eigenvalue weighted by atomic mass is 15.2. The summed E-state index contributed by atoms with van der Waals surface area (Å²) in [5.41, 5.74) is 0. The van der Waals surface area contributed by atoms with Crippen LogP contribution in [-0.2, 0) is 0 Å². The molecule has 3 fully saturated rings. The van der Waals surface area contributed by atoms with E-state index in [4.69, 9.17) is 0 Å². The summed E-state index contributed by atoms with van der Waals surface area (Å²) in [5, 5.41) is 3.76. The van der Waals surface area contributed by atoms with Gasteiger partial charge in [-0.15, -0.1) is 0 Å². The van der Waals surface area contributed by atoms with Gasteiger partial charge in [0.25, 0.3) is 0 Å². The van der Waals surface area contributed by atoms with Crippen LogP contribution < -0.4 is 5.32 Å². The van der Waals surface area contributed by atoms with Crippen LogP contribution in [0.1, 0.15) is 45.4 Å². The molecule has 4 unspecified atom stereocenters. The van der Waals surface area contributed by atoms with Gasteiger partial charge in [-0.2, -0.15) is 0 Å². The van der Waals surface area contributed by atoms with Crippen LogP contribution in [0.15, 0.2) is 0 Å². The number of piperidine rings is 2. The van der Waals surface area contributed by atoms with E-state index in [0.717, 1.165) is 30.2 Å². The van der Waals surface area contributed by atoms with Gasteiger partial charge in [0.05, 0.1) is 0 Å². The second kappa shape index (κ2) is 5.10. The summed E-state index contributed by atoms with van der Waals surface area (Å²) in [6.45, 7) is 3.65. The number of hydrogen-bond acceptors (Lipinski definition) is 3. The molecule has 3 nitrogen and oxygen atoms in total. The summed E-state index contributed by atoms with van der Waals surface area (Å²) >= 11 is 0. The smallest absolute Gasteiger partial charge is 0.0125 e. The summed E-state index contributed by atoms with van der Waals surface area (Å²) in [6, 6.07) is 4.05. The third-order valence-electron chi connectivity index (χ3n) is 5.78. The molecule has 0 radical (unpaired) electrons. The lowest BCUT2D eigenvalue weighted by molar-refractivity contribution is 0.0595. The van der Waals surface area contributed by atoms with Crippen LogP contribution >= 0.6 is 0 Å². The lowest BCUT2D eigenvalue weighted by atomic mass is 9.92. The first-order chi connectivity index (χ1) is 8.63. The summed E-state index contributed by atoms with van der Waals surface area (Å²) in [6.07, 6.45) is 8.31. The molecule has 0 saturated carbocycles. The molecule has 0 aromatic heterocycles. The standard InChI is InChI=1S/C15H29N3/c1-11-8-14(6-7-17(11)2)18(3)15-9-12-4-5-13(10-15)16-12/h11-16H,4-10H2,1-3H3. The van der Waals surface area contributed by atoms with E-state index in [0.29, 0.717) is 0 Å². The fraction of sp³-hybridized carbons (Fsp3) is 1.00. The molecule has 3 saturated heterocycles. The maximum atomic E-state index is 3.76. The average Bonchev–Trinajstić information content (AvgIpc) is 2.71. The molecular formula is C15H29N3. The third kappa shape index (κ3) is 2.45. The fourth-order valence-corrected chi connectivity index (χ4v) is 4.29. The quantitative estimate of drug-likeness (QED) is 0.805. The second-order valence-electron chi connectivity index (χ2n) is 6.94. The van der Waals surface area contributed by atoms with Gasteiger partial charge in [-0.05, 0) is 66.1 Å². The molecule has 0 aromatic rings. The third-order valence-corrected chi connectivity index (χ3v) is 5.78. The first-order valence-electron chi connectivity index (χ1n) is 7.81. The Morgan fingerprint density at radius 3 is 2.28 bits per heavy atom. The topological polar surface area (TPSA) is 18.5 Å². The van der Waals surface area contributed by atoms with Gasteiger partial charge in [-0.25, -0.2) is 0 Å².